The monoisotopic (exact) mass is 163 g/mol. The fourth-order valence-electron chi connectivity index (χ4n) is 0.574. The molecule has 0 saturated carbocycles. The van der Waals surface area contributed by atoms with Crippen LogP contribution in [0, 0.1) is 0 Å². The molecule has 0 aliphatic carbocycles. The molecule has 62 valence electrons. The normalized spacial score (nSPS) is 18.9. The highest BCUT2D eigenvalue weighted by molar-refractivity contribution is 5.98. The van der Waals surface area contributed by atoms with Gasteiger partial charge in [-0.05, 0) is 13.8 Å². The molecule has 0 spiro atoms. The van der Waals surface area contributed by atoms with Gasteiger partial charge in [0.25, 0.3) is 0 Å². The van der Waals surface area contributed by atoms with Gasteiger partial charge >= 0.3 is 0 Å². The molecular formula is C5H17N3OSi. The number of hydrogen-bond donors (Lipinski definition) is 3. The minimum atomic E-state index is -0.901. The van der Waals surface area contributed by atoms with Crippen LogP contribution in [0.25, 0.3) is 0 Å². The number of hydrogen-bond acceptors (Lipinski definition) is 4. The Morgan fingerprint density at radius 2 is 1.80 bits per heavy atom. The predicted molar refractivity (Wildman–Crippen MR) is 45.2 cm³/mol. The molecule has 5 heteroatoms. The highest BCUT2D eigenvalue weighted by atomic mass is 28.2. The molecular weight excluding hydrogens is 146 g/mol. The largest absolute Gasteiger partial charge is 0.422 e. The first kappa shape index (κ1) is 10.1. The summed E-state index contributed by atoms with van der Waals surface area (Å²) in [6.45, 7) is 3.60. The summed E-state index contributed by atoms with van der Waals surface area (Å²) in [6, 6.07) is -0.253. The Kier molecular flexibility index (Phi) is 3.47. The van der Waals surface area contributed by atoms with E-state index < -0.39 is 5.66 Å². The lowest BCUT2D eigenvalue weighted by Gasteiger charge is -2.34. The quantitative estimate of drug-likeness (QED) is 0.321. The third-order valence-corrected chi connectivity index (χ3v) is 2.55. The zero-order valence-electron chi connectivity index (χ0n) is 6.79. The average Bonchev–Trinajstić information content (AvgIpc) is 1.86. The van der Waals surface area contributed by atoms with E-state index in [2.05, 4.69) is 0 Å². The molecule has 0 aromatic rings. The van der Waals surface area contributed by atoms with Crippen LogP contribution in [0.5, 0.6) is 0 Å². The van der Waals surface area contributed by atoms with E-state index in [1.807, 2.05) is 6.92 Å². The van der Waals surface area contributed by atoms with E-state index in [0.717, 1.165) is 0 Å². The summed E-state index contributed by atoms with van der Waals surface area (Å²) >= 11 is 0. The smallest absolute Gasteiger partial charge is 0.146 e. The average molecular weight is 163 g/mol. The predicted octanol–water partition coefficient (Wildman–Crippen LogP) is -2.37. The van der Waals surface area contributed by atoms with Gasteiger partial charge in [-0.15, -0.1) is 0 Å². The Morgan fingerprint density at radius 3 is 1.90 bits per heavy atom. The molecule has 0 aliphatic rings. The summed E-state index contributed by atoms with van der Waals surface area (Å²) in [7, 11) is 0.634. The van der Waals surface area contributed by atoms with Crippen molar-refractivity contribution in [1.29, 1.82) is 0 Å². The molecule has 0 bridgehead atoms. The van der Waals surface area contributed by atoms with Gasteiger partial charge in [-0.2, -0.15) is 0 Å². The Bertz CT molecular complexity index is 107. The van der Waals surface area contributed by atoms with Crippen molar-refractivity contribution in [2.75, 3.05) is 0 Å². The lowest BCUT2D eigenvalue weighted by Crippen LogP contribution is -2.68. The van der Waals surface area contributed by atoms with Crippen molar-refractivity contribution < 1.29 is 4.43 Å². The van der Waals surface area contributed by atoms with Crippen LogP contribution in [0.15, 0.2) is 0 Å². The lowest BCUT2D eigenvalue weighted by atomic mass is 9.99. The molecule has 10 heavy (non-hydrogen) atoms. The Hall–Kier alpha value is 0.0569. The SMILES string of the molecule is CC(N)C(N)(N)C(C)O[SiH3]. The van der Waals surface area contributed by atoms with Crippen molar-refractivity contribution in [3.63, 3.8) is 0 Å². The van der Waals surface area contributed by atoms with Crippen LogP contribution in [-0.2, 0) is 4.43 Å². The summed E-state index contributed by atoms with van der Waals surface area (Å²) in [5, 5.41) is 0. The standard InChI is InChI=1S/C5H17N3OSi/c1-3(6)5(7,8)4(2)9-10/h3-4H,6-8H2,1-2,10H3. The van der Waals surface area contributed by atoms with Gasteiger partial charge in [0.2, 0.25) is 0 Å². The molecule has 0 fully saturated rings. The molecule has 6 N–H and O–H groups in total. The molecule has 0 aromatic carbocycles. The van der Waals surface area contributed by atoms with Crippen LogP contribution < -0.4 is 17.2 Å². The summed E-state index contributed by atoms with van der Waals surface area (Å²) in [5.74, 6) is 0. The topological polar surface area (TPSA) is 87.3 Å². The van der Waals surface area contributed by atoms with Crippen molar-refractivity contribution in [1.82, 2.24) is 0 Å². The first-order chi connectivity index (χ1) is 4.42. The van der Waals surface area contributed by atoms with E-state index in [1.165, 1.54) is 0 Å². The molecule has 0 saturated heterocycles. The van der Waals surface area contributed by atoms with Crippen LogP contribution in [0.1, 0.15) is 13.8 Å². The molecule has 2 unspecified atom stereocenters. The van der Waals surface area contributed by atoms with Gasteiger partial charge in [0.05, 0.1) is 6.10 Å². The van der Waals surface area contributed by atoms with Crippen LogP contribution in [-0.4, -0.2) is 28.3 Å². The van der Waals surface area contributed by atoms with Crippen molar-refractivity contribution in [3.8, 4) is 0 Å². The van der Waals surface area contributed by atoms with Gasteiger partial charge in [-0.25, -0.2) is 0 Å². The summed E-state index contributed by atoms with van der Waals surface area (Å²) in [4.78, 5) is 0. The lowest BCUT2D eigenvalue weighted by molar-refractivity contribution is 0.123. The van der Waals surface area contributed by atoms with Gasteiger partial charge in [0.1, 0.15) is 16.1 Å². The molecule has 0 radical (unpaired) electrons. The van der Waals surface area contributed by atoms with E-state index in [1.54, 1.807) is 6.92 Å². The van der Waals surface area contributed by atoms with Crippen LogP contribution in [0.2, 0.25) is 0 Å². The molecule has 4 nitrogen and oxygen atoms in total. The van der Waals surface area contributed by atoms with Gasteiger partial charge in [-0.3, -0.25) is 0 Å². The highest BCUT2D eigenvalue weighted by Gasteiger charge is 2.30. The summed E-state index contributed by atoms with van der Waals surface area (Å²) < 4.78 is 5.09. The Balaban J connectivity index is 4.09. The Morgan fingerprint density at radius 1 is 1.40 bits per heavy atom. The minimum absolute atomic E-state index is 0.167. The maximum atomic E-state index is 5.66. The molecule has 0 aromatic heterocycles. The van der Waals surface area contributed by atoms with Gasteiger partial charge < -0.3 is 21.6 Å². The van der Waals surface area contributed by atoms with Crippen LogP contribution in [0.4, 0.5) is 0 Å². The van der Waals surface area contributed by atoms with Crippen molar-refractivity contribution in [2.24, 2.45) is 17.2 Å². The van der Waals surface area contributed by atoms with E-state index in [0.29, 0.717) is 10.5 Å². The second-order valence-corrected chi connectivity index (χ2v) is 3.14. The maximum Gasteiger partial charge on any atom is 0.146 e. The summed E-state index contributed by atoms with van der Waals surface area (Å²) in [6.07, 6.45) is -0.167. The number of rotatable bonds is 3. The molecule has 2 atom stereocenters. The first-order valence-corrected chi connectivity index (χ1v) is 4.10. The second kappa shape index (κ2) is 3.45. The number of nitrogens with two attached hydrogens (primary N) is 3. The maximum absolute atomic E-state index is 5.66. The van der Waals surface area contributed by atoms with Crippen LogP contribution in [0.3, 0.4) is 0 Å². The molecule has 0 heterocycles. The van der Waals surface area contributed by atoms with E-state index in [4.69, 9.17) is 21.6 Å². The Labute approximate surface area is 64.6 Å². The molecule has 0 amide bonds. The van der Waals surface area contributed by atoms with Gasteiger partial charge in [0.15, 0.2) is 0 Å². The zero-order valence-corrected chi connectivity index (χ0v) is 8.79. The van der Waals surface area contributed by atoms with Crippen molar-refractivity contribution in [3.05, 3.63) is 0 Å². The highest BCUT2D eigenvalue weighted by Crippen LogP contribution is 2.05. The van der Waals surface area contributed by atoms with Gasteiger partial charge in [0, 0.05) is 6.04 Å². The summed E-state index contributed by atoms with van der Waals surface area (Å²) in [5.41, 5.74) is 16.0. The molecule has 0 aliphatic heterocycles. The van der Waals surface area contributed by atoms with E-state index in [-0.39, 0.29) is 12.1 Å². The first-order valence-electron chi connectivity index (χ1n) is 3.29. The second-order valence-electron chi connectivity index (χ2n) is 2.67. The fourth-order valence-corrected chi connectivity index (χ4v) is 0.983. The van der Waals surface area contributed by atoms with E-state index >= 15 is 0 Å². The molecule has 0 rings (SSSR count). The zero-order chi connectivity index (χ0) is 8.36. The van der Waals surface area contributed by atoms with E-state index in [9.17, 15) is 0 Å². The third-order valence-electron chi connectivity index (χ3n) is 1.85. The van der Waals surface area contributed by atoms with Crippen molar-refractivity contribution in [2.45, 2.75) is 31.7 Å². The third kappa shape index (κ3) is 2.03. The van der Waals surface area contributed by atoms with Crippen molar-refractivity contribution >= 4 is 10.5 Å². The van der Waals surface area contributed by atoms with Gasteiger partial charge in [-0.1, -0.05) is 0 Å². The fraction of sp³-hybridized carbons (Fsp3) is 1.00. The minimum Gasteiger partial charge on any atom is -0.422 e. The van der Waals surface area contributed by atoms with Crippen LogP contribution >= 0.6 is 0 Å².